The lowest BCUT2D eigenvalue weighted by Crippen LogP contribution is -2.66. The first-order chi connectivity index (χ1) is 31.1. The second kappa shape index (κ2) is 18.0. The van der Waals surface area contributed by atoms with Gasteiger partial charge in [0.25, 0.3) is 11.8 Å². The van der Waals surface area contributed by atoms with E-state index >= 15 is 4.79 Å². The molecule has 64 heavy (non-hydrogen) atoms. The molecule has 2 fully saturated rings. The van der Waals surface area contributed by atoms with Gasteiger partial charge in [-0.25, -0.2) is 9.59 Å². The molecule has 0 aliphatic carbocycles. The summed E-state index contributed by atoms with van der Waals surface area (Å²) in [5.74, 6) is -1.35. The molecule has 0 radical (unpaired) electrons. The molecule has 2 saturated heterocycles. The van der Waals surface area contributed by atoms with Crippen molar-refractivity contribution in [3.05, 3.63) is 123 Å². The van der Waals surface area contributed by atoms with Crippen molar-refractivity contribution in [1.29, 1.82) is 0 Å². The van der Waals surface area contributed by atoms with E-state index < -0.39 is 31.1 Å². The summed E-state index contributed by atoms with van der Waals surface area (Å²) in [5.41, 5.74) is 4.26. The molecule has 0 saturated carbocycles. The third-order valence-electron chi connectivity index (χ3n) is 13.1. The Morgan fingerprint density at radius 3 is 1.86 bits per heavy atom. The Labute approximate surface area is 373 Å². The predicted molar refractivity (Wildman–Crippen MR) is 247 cm³/mol. The van der Waals surface area contributed by atoms with E-state index in [1.807, 2.05) is 17.0 Å². The minimum atomic E-state index is -2.47. The molecule has 2 amide bonds. The maximum atomic E-state index is 15.3. The fourth-order valence-corrected chi connectivity index (χ4v) is 12.7. The van der Waals surface area contributed by atoms with Crippen molar-refractivity contribution in [2.24, 2.45) is 0 Å². The topological polar surface area (TPSA) is 149 Å². The molecule has 0 bridgehead atoms. The number of ether oxygens (including phenoxy) is 5. The molecular formula is C49H54N4O10Si. The molecular weight excluding hydrogens is 833 g/mol. The Morgan fingerprint density at radius 2 is 1.28 bits per heavy atom. The van der Waals surface area contributed by atoms with E-state index in [1.165, 1.54) is 23.5 Å². The highest BCUT2D eigenvalue weighted by atomic mass is 28.3. The molecule has 0 unspecified atom stereocenters. The lowest BCUT2D eigenvalue weighted by atomic mass is 9.75. The largest absolute Gasteiger partial charge is 0.465 e. The van der Waals surface area contributed by atoms with Gasteiger partial charge in [0.1, 0.15) is 24.8 Å². The average molecular weight is 887 g/mol. The van der Waals surface area contributed by atoms with E-state index in [-0.39, 0.29) is 30.2 Å². The molecule has 4 aromatic carbocycles. The Balaban J connectivity index is 1.07. The first kappa shape index (κ1) is 43.4. The maximum Gasteiger partial charge on any atom is 0.349 e. The van der Waals surface area contributed by atoms with Crippen LogP contribution in [0.2, 0.25) is 13.1 Å². The second-order valence-electron chi connectivity index (χ2n) is 17.1. The van der Waals surface area contributed by atoms with Gasteiger partial charge in [0, 0.05) is 79.5 Å². The molecule has 5 aromatic rings. The molecule has 4 aliphatic rings. The SMILES string of the molecule is COCCOCCOCCOCCNC(=O)c1cc2ccc(N3C(=O)c4ccc(C(=O)OC)cc4C34c3ccc(N5CCC5)cc3[Si](C)(C)c3cc(N5CCC5)ccc34)cc2oc1=O. The van der Waals surface area contributed by atoms with Crippen molar-refractivity contribution < 1.29 is 42.5 Å². The van der Waals surface area contributed by atoms with Gasteiger partial charge in [-0.2, -0.15) is 0 Å². The van der Waals surface area contributed by atoms with Crippen LogP contribution in [0.25, 0.3) is 11.0 Å². The van der Waals surface area contributed by atoms with Crippen LogP contribution < -0.4 is 36.0 Å². The molecule has 1 aromatic heterocycles. The number of hydrogen-bond donors (Lipinski definition) is 1. The van der Waals surface area contributed by atoms with Gasteiger partial charge in [-0.15, -0.1) is 0 Å². The fraction of sp³-hybridized carbons (Fsp3) is 0.388. The van der Waals surface area contributed by atoms with Gasteiger partial charge in [0.05, 0.1) is 58.9 Å². The Morgan fingerprint density at radius 1 is 0.688 bits per heavy atom. The number of nitrogens with one attached hydrogen (secondary N) is 1. The summed E-state index contributed by atoms with van der Waals surface area (Å²) in [6, 6.07) is 25.3. The molecule has 14 nitrogen and oxygen atoms in total. The van der Waals surface area contributed by atoms with Gasteiger partial charge in [-0.1, -0.05) is 25.2 Å². The zero-order valence-electron chi connectivity index (χ0n) is 36.8. The van der Waals surface area contributed by atoms with E-state index in [1.54, 1.807) is 31.4 Å². The summed E-state index contributed by atoms with van der Waals surface area (Å²) in [7, 11) is 0.502. The van der Waals surface area contributed by atoms with Crippen LogP contribution in [0, 0.1) is 0 Å². The van der Waals surface area contributed by atoms with Crippen LogP contribution >= 0.6 is 0 Å². The Kier molecular flexibility index (Phi) is 12.2. The van der Waals surface area contributed by atoms with E-state index in [0.717, 1.165) is 61.5 Å². The van der Waals surface area contributed by atoms with Crippen molar-refractivity contribution in [3.8, 4) is 0 Å². The van der Waals surface area contributed by atoms with Crippen LogP contribution in [0.15, 0.2) is 88.1 Å². The van der Waals surface area contributed by atoms with E-state index in [0.29, 0.717) is 67.4 Å². The molecule has 4 aliphatic heterocycles. The van der Waals surface area contributed by atoms with Gasteiger partial charge < -0.3 is 43.2 Å². The highest BCUT2D eigenvalue weighted by Crippen LogP contribution is 2.53. The standard InChI is InChI=1S/C49H54N4O10Si/c1-58-21-22-61-25-26-62-24-23-60-20-15-50-45(54)38-27-32-7-9-36(29-42(32)63-48(38)57)53-46(55)37-12-8-33(47(56)59-2)28-41(37)49(53)39-13-10-34(51-16-5-17-51)30-43(39)64(3,4)44-31-35(11-14-40(44)49)52-18-6-19-52/h7-14,27-31H,5-6,15-26H2,1-4H3,(H,50,54). The molecule has 1 spiro atoms. The minimum absolute atomic E-state index is 0.146. The van der Waals surface area contributed by atoms with Crippen molar-refractivity contribution in [3.63, 3.8) is 0 Å². The van der Waals surface area contributed by atoms with E-state index in [9.17, 15) is 14.4 Å². The molecule has 15 heteroatoms. The maximum absolute atomic E-state index is 15.3. The third-order valence-corrected chi connectivity index (χ3v) is 16.6. The number of nitrogens with zero attached hydrogens (tertiary/aromatic N) is 3. The Hall–Kier alpha value is -5.84. The smallest absolute Gasteiger partial charge is 0.349 e. The summed E-state index contributed by atoms with van der Waals surface area (Å²) < 4.78 is 32.5. The van der Waals surface area contributed by atoms with Crippen molar-refractivity contribution in [2.75, 3.05) is 108 Å². The van der Waals surface area contributed by atoms with Crippen LogP contribution in [0.3, 0.4) is 0 Å². The average Bonchev–Trinajstić information content (AvgIpc) is 3.51. The van der Waals surface area contributed by atoms with Gasteiger partial charge >= 0.3 is 11.6 Å². The molecule has 334 valence electrons. The van der Waals surface area contributed by atoms with Crippen LogP contribution in [0.5, 0.6) is 0 Å². The number of anilines is 3. The molecule has 0 atom stereocenters. The van der Waals surface area contributed by atoms with Gasteiger partial charge in [-0.05, 0) is 95.0 Å². The number of rotatable bonds is 17. The van der Waals surface area contributed by atoms with Crippen molar-refractivity contribution in [1.82, 2.24) is 5.32 Å². The summed E-state index contributed by atoms with van der Waals surface area (Å²) in [6.07, 6.45) is 2.28. The Bertz CT molecular complexity index is 2610. The number of fused-ring (bicyclic) bond motifs is 7. The monoisotopic (exact) mass is 886 g/mol. The van der Waals surface area contributed by atoms with Crippen LogP contribution in [-0.2, 0) is 29.2 Å². The lowest BCUT2D eigenvalue weighted by Gasteiger charge is -2.50. The summed E-state index contributed by atoms with van der Waals surface area (Å²) in [5, 5.41) is 5.67. The highest BCUT2D eigenvalue weighted by Gasteiger charge is 2.59. The second-order valence-corrected chi connectivity index (χ2v) is 21.5. The molecule has 5 heterocycles. The third kappa shape index (κ3) is 7.58. The van der Waals surface area contributed by atoms with Gasteiger partial charge in [-0.3, -0.25) is 14.5 Å². The number of benzene rings is 4. The van der Waals surface area contributed by atoms with Crippen molar-refractivity contribution in [2.45, 2.75) is 31.5 Å². The zero-order valence-corrected chi connectivity index (χ0v) is 37.8. The zero-order chi connectivity index (χ0) is 44.6. The number of carbonyl (C=O) groups excluding carboxylic acids is 3. The first-order valence-corrected chi connectivity index (χ1v) is 25.0. The normalized spacial score (nSPS) is 16.6. The first-order valence-electron chi connectivity index (χ1n) is 22.0. The van der Waals surface area contributed by atoms with Crippen LogP contribution in [0.1, 0.15) is 60.6 Å². The number of amides is 2. The number of hydrogen-bond acceptors (Lipinski definition) is 12. The van der Waals surface area contributed by atoms with E-state index in [4.69, 9.17) is 28.1 Å². The highest BCUT2D eigenvalue weighted by molar-refractivity contribution is 7.01. The summed E-state index contributed by atoms with van der Waals surface area (Å²) >= 11 is 0. The molecule has 1 N–H and O–H groups in total. The fourth-order valence-electron chi connectivity index (χ4n) is 9.49. The quantitative estimate of drug-likeness (QED) is 0.0606. The minimum Gasteiger partial charge on any atom is -0.465 e. The van der Waals surface area contributed by atoms with Gasteiger partial charge in [0.2, 0.25) is 0 Å². The van der Waals surface area contributed by atoms with Gasteiger partial charge in [0.15, 0.2) is 0 Å². The summed E-state index contributed by atoms with van der Waals surface area (Å²) in [6.45, 7) is 11.8. The number of carbonyl (C=O) groups is 3. The number of methoxy groups -OCH3 is 2. The van der Waals surface area contributed by atoms with Crippen LogP contribution in [-0.4, -0.2) is 119 Å². The summed E-state index contributed by atoms with van der Waals surface area (Å²) in [4.78, 5) is 61.9. The lowest BCUT2D eigenvalue weighted by molar-refractivity contribution is 0.00414. The van der Waals surface area contributed by atoms with E-state index in [2.05, 4.69) is 64.6 Å². The number of esters is 1. The molecule has 9 rings (SSSR count). The predicted octanol–water partition coefficient (Wildman–Crippen LogP) is 4.51. The van der Waals surface area contributed by atoms with Crippen molar-refractivity contribution >= 4 is 64.3 Å². The van der Waals surface area contributed by atoms with Crippen LogP contribution in [0.4, 0.5) is 17.1 Å².